The number of rotatable bonds is 6. The molecule has 0 atom stereocenters. The number of carbonyl (C=O) groups is 1. The van der Waals surface area contributed by atoms with E-state index in [4.69, 9.17) is 4.98 Å². The summed E-state index contributed by atoms with van der Waals surface area (Å²) in [7, 11) is 3.40. The van der Waals surface area contributed by atoms with Crippen LogP contribution in [0, 0.1) is 6.92 Å². The Bertz CT molecular complexity index is 1370. The molecule has 0 bridgehead atoms. The Kier molecular flexibility index (Phi) is 5.50. The lowest BCUT2D eigenvalue weighted by molar-refractivity contribution is 0.0963. The van der Waals surface area contributed by atoms with E-state index in [9.17, 15) is 4.79 Å². The summed E-state index contributed by atoms with van der Waals surface area (Å²) in [5.74, 6) is 2.76. The smallest absolute Gasteiger partial charge is 0.251 e. The Hall–Kier alpha value is -4.54. The fraction of sp³-hybridized carbons (Fsp3) is 0.217. The second-order valence-electron chi connectivity index (χ2n) is 7.78. The number of hydrogen-bond donors (Lipinski definition) is 4. The van der Waals surface area contributed by atoms with Gasteiger partial charge >= 0.3 is 0 Å². The largest absolute Gasteiger partial charge is 0.357 e. The van der Waals surface area contributed by atoms with Crippen molar-refractivity contribution in [3.05, 3.63) is 64.9 Å². The van der Waals surface area contributed by atoms with Gasteiger partial charge in [0.1, 0.15) is 11.6 Å². The summed E-state index contributed by atoms with van der Waals surface area (Å²) in [5, 5.41) is 15.8. The lowest BCUT2D eigenvalue weighted by Crippen LogP contribution is -2.17. The first-order valence-electron chi connectivity index (χ1n) is 10.9. The van der Waals surface area contributed by atoms with Crippen LogP contribution in [0.5, 0.6) is 0 Å². The fourth-order valence-corrected chi connectivity index (χ4v) is 3.95. The molecule has 0 radical (unpaired) electrons. The van der Waals surface area contributed by atoms with Gasteiger partial charge in [0, 0.05) is 25.7 Å². The first kappa shape index (κ1) is 21.3. The fourth-order valence-electron chi connectivity index (χ4n) is 3.95. The second-order valence-corrected chi connectivity index (χ2v) is 7.78. The maximum absolute atomic E-state index is 11.9. The normalized spacial score (nSPS) is 12.6. The third kappa shape index (κ3) is 3.98. The van der Waals surface area contributed by atoms with Crippen LogP contribution in [0.15, 0.2) is 36.5 Å². The van der Waals surface area contributed by atoms with E-state index in [2.05, 4.69) is 47.2 Å². The van der Waals surface area contributed by atoms with Crippen LogP contribution in [0.4, 0.5) is 17.7 Å². The number of nitrogens with one attached hydrogen (secondary N) is 4. The van der Waals surface area contributed by atoms with Crippen LogP contribution in [-0.4, -0.2) is 54.7 Å². The minimum atomic E-state index is -0.103. The average Bonchev–Trinajstić information content (AvgIpc) is 3.50. The molecule has 11 nitrogen and oxygen atoms in total. The predicted molar refractivity (Wildman–Crippen MR) is 129 cm³/mol. The van der Waals surface area contributed by atoms with Gasteiger partial charge in [0.15, 0.2) is 0 Å². The first-order chi connectivity index (χ1) is 16.6. The summed E-state index contributed by atoms with van der Waals surface area (Å²) in [6.45, 7) is 1.83. The lowest BCUT2D eigenvalue weighted by Gasteiger charge is -2.16. The Morgan fingerprint density at radius 1 is 1.03 bits per heavy atom. The van der Waals surface area contributed by atoms with Crippen molar-refractivity contribution >= 4 is 35.3 Å². The van der Waals surface area contributed by atoms with Gasteiger partial charge in [0.25, 0.3) is 5.91 Å². The molecule has 0 saturated carbocycles. The van der Waals surface area contributed by atoms with Crippen molar-refractivity contribution in [1.82, 2.24) is 40.0 Å². The van der Waals surface area contributed by atoms with E-state index in [0.29, 0.717) is 35.1 Å². The van der Waals surface area contributed by atoms with E-state index >= 15 is 0 Å². The van der Waals surface area contributed by atoms with Crippen LogP contribution in [0.2, 0.25) is 0 Å². The summed E-state index contributed by atoms with van der Waals surface area (Å²) in [6, 6.07) is 9.43. The zero-order valence-electron chi connectivity index (χ0n) is 19.0. The number of benzene rings is 1. The van der Waals surface area contributed by atoms with Crippen molar-refractivity contribution in [2.75, 3.05) is 24.7 Å². The van der Waals surface area contributed by atoms with E-state index in [-0.39, 0.29) is 5.91 Å². The first-order valence-corrected chi connectivity index (χ1v) is 10.9. The Morgan fingerprint density at radius 3 is 2.56 bits per heavy atom. The van der Waals surface area contributed by atoms with Gasteiger partial charge in [-0.3, -0.25) is 9.89 Å². The minimum absolute atomic E-state index is 0.103. The summed E-state index contributed by atoms with van der Waals surface area (Å²) in [4.78, 5) is 30.2. The number of anilines is 3. The number of allylic oxidation sites excluding steroid dienone is 1. The molecule has 0 aliphatic heterocycles. The third-order valence-electron chi connectivity index (χ3n) is 5.60. The Morgan fingerprint density at radius 2 is 1.85 bits per heavy atom. The molecule has 0 fully saturated rings. The van der Waals surface area contributed by atoms with Gasteiger partial charge in [-0.05, 0) is 49.1 Å². The van der Waals surface area contributed by atoms with E-state index in [0.717, 1.165) is 35.4 Å². The molecule has 1 amide bonds. The van der Waals surface area contributed by atoms with Crippen molar-refractivity contribution in [1.29, 1.82) is 0 Å². The van der Waals surface area contributed by atoms with Gasteiger partial charge in [-0.2, -0.15) is 20.1 Å². The van der Waals surface area contributed by atoms with E-state index in [1.807, 2.05) is 41.8 Å². The van der Waals surface area contributed by atoms with Crippen LogP contribution in [0.25, 0.3) is 17.6 Å². The Labute approximate surface area is 195 Å². The minimum Gasteiger partial charge on any atom is -0.357 e. The monoisotopic (exact) mass is 456 g/mol. The van der Waals surface area contributed by atoms with E-state index in [1.54, 1.807) is 20.3 Å². The summed E-state index contributed by atoms with van der Waals surface area (Å²) in [6.07, 6.45) is 5.30. The highest BCUT2D eigenvalue weighted by atomic mass is 16.1. The highest BCUT2D eigenvalue weighted by Gasteiger charge is 2.24. The number of aromatic nitrogens is 7. The molecule has 0 saturated heterocycles. The van der Waals surface area contributed by atoms with Crippen LogP contribution >= 0.6 is 0 Å². The number of H-pyrrole nitrogens is 1. The average molecular weight is 457 g/mol. The number of fused-ring (bicyclic) bond motifs is 1. The van der Waals surface area contributed by atoms with Gasteiger partial charge in [-0.15, -0.1) is 0 Å². The molecule has 4 N–H and O–H groups in total. The molecule has 0 spiro atoms. The molecule has 11 heteroatoms. The van der Waals surface area contributed by atoms with Crippen LogP contribution in [0.3, 0.4) is 0 Å². The van der Waals surface area contributed by atoms with Gasteiger partial charge in [-0.1, -0.05) is 12.1 Å². The molecule has 1 aliphatic rings. The van der Waals surface area contributed by atoms with Crippen molar-refractivity contribution in [3.63, 3.8) is 0 Å². The molecule has 4 aromatic rings. The summed E-state index contributed by atoms with van der Waals surface area (Å²) in [5.41, 5.74) is 4.67. The molecular formula is C23H24N10O. The number of aromatic amines is 1. The predicted octanol–water partition coefficient (Wildman–Crippen LogP) is 2.72. The number of carbonyl (C=O) groups excluding carboxylic acids is 1. The molecule has 5 rings (SSSR count). The highest BCUT2D eigenvalue weighted by Crippen LogP contribution is 2.34. The molecule has 172 valence electrons. The van der Waals surface area contributed by atoms with Gasteiger partial charge < -0.3 is 16.0 Å². The molecule has 3 heterocycles. The van der Waals surface area contributed by atoms with Gasteiger partial charge in [0.2, 0.25) is 17.8 Å². The number of aryl methyl sites for hydroxylation is 1. The van der Waals surface area contributed by atoms with Gasteiger partial charge in [0.05, 0.1) is 17.6 Å². The zero-order valence-corrected chi connectivity index (χ0v) is 19.0. The molecule has 1 aliphatic carbocycles. The standard InChI is InChI=1S/C23H24N10O/c1-13-27-21(25-3)31-22(28-13)33-18-9-8-16(14-4-6-15(7-5-14)20(34)24-2)12-17(18)29-23(33)30-19-10-11-26-32-19/h4-7,10-12H,8-9H2,1-3H3,(H,24,34)(H,25,27,28,31)(H2,26,29,30,32). The Balaban J connectivity index is 1.58. The quantitative estimate of drug-likeness (QED) is 0.347. The maximum atomic E-state index is 11.9. The van der Waals surface area contributed by atoms with Crippen LogP contribution < -0.4 is 16.0 Å². The molecule has 34 heavy (non-hydrogen) atoms. The topological polar surface area (TPSA) is 138 Å². The van der Waals surface area contributed by atoms with E-state index < -0.39 is 0 Å². The van der Waals surface area contributed by atoms with Crippen molar-refractivity contribution < 1.29 is 4.79 Å². The molecule has 3 aromatic heterocycles. The number of nitrogens with zero attached hydrogens (tertiary/aromatic N) is 6. The molecular weight excluding hydrogens is 432 g/mol. The summed E-state index contributed by atoms with van der Waals surface area (Å²) >= 11 is 0. The van der Waals surface area contributed by atoms with Gasteiger partial charge in [-0.25, -0.2) is 9.55 Å². The van der Waals surface area contributed by atoms with Crippen molar-refractivity contribution in [3.8, 4) is 5.95 Å². The number of amides is 1. The number of hydrogen-bond acceptors (Lipinski definition) is 8. The molecule has 1 aromatic carbocycles. The third-order valence-corrected chi connectivity index (χ3v) is 5.60. The SMILES string of the molecule is CNC(=O)c1ccc(C2=Cc3nc(Nc4ccn[nH]4)n(-c4nc(C)nc(NC)n4)c3CC2)cc1. The lowest BCUT2D eigenvalue weighted by atomic mass is 9.93. The summed E-state index contributed by atoms with van der Waals surface area (Å²) < 4.78 is 1.92. The molecule has 0 unspecified atom stereocenters. The van der Waals surface area contributed by atoms with Crippen molar-refractivity contribution in [2.45, 2.75) is 19.8 Å². The second kappa shape index (κ2) is 8.77. The number of imidazole rings is 1. The van der Waals surface area contributed by atoms with Crippen LogP contribution in [0.1, 0.15) is 39.6 Å². The zero-order chi connectivity index (χ0) is 23.7. The maximum Gasteiger partial charge on any atom is 0.251 e. The van der Waals surface area contributed by atoms with Crippen molar-refractivity contribution in [2.24, 2.45) is 0 Å². The van der Waals surface area contributed by atoms with Crippen LogP contribution in [-0.2, 0) is 6.42 Å². The van der Waals surface area contributed by atoms with E-state index in [1.165, 1.54) is 0 Å². The highest BCUT2D eigenvalue weighted by molar-refractivity contribution is 5.94.